The Bertz CT molecular complexity index is 437. The summed E-state index contributed by atoms with van der Waals surface area (Å²) in [5.74, 6) is 2.47. The first kappa shape index (κ1) is 16.0. The number of anilines is 2. The maximum atomic E-state index is 5.17. The number of nitrogens with one attached hydrogen (secondary N) is 2. The van der Waals surface area contributed by atoms with Crippen LogP contribution in [0.25, 0.3) is 0 Å². The van der Waals surface area contributed by atoms with Gasteiger partial charge in [0.25, 0.3) is 0 Å². The highest BCUT2D eigenvalue weighted by atomic mass is 16.5. The smallest absolute Gasteiger partial charge is 0.158 e. The quantitative estimate of drug-likeness (QED) is 0.841. The van der Waals surface area contributed by atoms with Gasteiger partial charge in [0.2, 0.25) is 0 Å². The molecule has 1 aromatic rings. The summed E-state index contributed by atoms with van der Waals surface area (Å²) < 4.78 is 5.17. The lowest BCUT2D eigenvalue weighted by atomic mass is 9.73. The van der Waals surface area contributed by atoms with Gasteiger partial charge in [0.1, 0.15) is 18.2 Å². The van der Waals surface area contributed by atoms with Crippen molar-refractivity contribution in [1.29, 1.82) is 0 Å². The highest BCUT2D eigenvalue weighted by Gasteiger charge is 2.32. The summed E-state index contributed by atoms with van der Waals surface area (Å²) in [6, 6.07) is 2.46. The average Bonchev–Trinajstić information content (AvgIpc) is 2.42. The van der Waals surface area contributed by atoms with E-state index in [2.05, 4.69) is 41.4 Å². The van der Waals surface area contributed by atoms with Gasteiger partial charge in [-0.3, -0.25) is 0 Å². The fourth-order valence-electron chi connectivity index (χ4n) is 2.98. The van der Waals surface area contributed by atoms with Crippen molar-refractivity contribution in [3.8, 4) is 0 Å². The fraction of sp³-hybridized carbons (Fsp3) is 0.750. The second kappa shape index (κ2) is 7.07. The summed E-state index contributed by atoms with van der Waals surface area (Å²) in [5.41, 5.74) is 0.308. The molecule has 5 nitrogen and oxygen atoms in total. The van der Waals surface area contributed by atoms with Gasteiger partial charge in [0.05, 0.1) is 0 Å². The topological polar surface area (TPSA) is 59.1 Å². The molecule has 1 aliphatic rings. The Balaban J connectivity index is 2.17. The van der Waals surface area contributed by atoms with E-state index in [9.17, 15) is 0 Å². The lowest BCUT2D eigenvalue weighted by Gasteiger charge is -2.39. The second-order valence-electron chi connectivity index (χ2n) is 6.45. The van der Waals surface area contributed by atoms with Gasteiger partial charge in [0, 0.05) is 25.8 Å². The minimum Gasteiger partial charge on any atom is -0.377 e. The van der Waals surface area contributed by atoms with Gasteiger partial charge < -0.3 is 15.4 Å². The minimum atomic E-state index is 0.308. The Morgan fingerprint density at radius 1 is 1.29 bits per heavy atom. The summed E-state index contributed by atoms with van der Waals surface area (Å²) in [5, 5.41) is 6.88. The molecule has 5 heteroatoms. The fourth-order valence-corrected chi connectivity index (χ4v) is 2.98. The molecule has 0 aromatic carbocycles. The van der Waals surface area contributed by atoms with Gasteiger partial charge in [-0.05, 0) is 25.2 Å². The van der Waals surface area contributed by atoms with Gasteiger partial charge in [-0.2, -0.15) is 0 Å². The summed E-state index contributed by atoms with van der Waals surface area (Å²) in [7, 11) is 1.67. The number of aromatic nitrogens is 2. The SMILES string of the molecule is CCNc1cc(NC2CCCCC2(C)C)nc(COC)n1. The van der Waals surface area contributed by atoms with Gasteiger partial charge in [-0.25, -0.2) is 9.97 Å². The maximum Gasteiger partial charge on any atom is 0.158 e. The van der Waals surface area contributed by atoms with Gasteiger partial charge in [-0.15, -0.1) is 0 Å². The summed E-state index contributed by atoms with van der Waals surface area (Å²) in [6.07, 6.45) is 5.08. The van der Waals surface area contributed by atoms with E-state index in [1.807, 2.05) is 6.07 Å². The second-order valence-corrected chi connectivity index (χ2v) is 6.45. The molecule has 21 heavy (non-hydrogen) atoms. The highest BCUT2D eigenvalue weighted by Crippen LogP contribution is 2.37. The van der Waals surface area contributed by atoms with Gasteiger partial charge in [0.15, 0.2) is 5.82 Å². The zero-order valence-electron chi connectivity index (χ0n) is 13.7. The molecule has 118 valence electrons. The summed E-state index contributed by atoms with van der Waals surface area (Å²) in [6.45, 7) is 8.02. The molecule has 0 bridgehead atoms. The molecule has 0 amide bonds. The van der Waals surface area contributed by atoms with Gasteiger partial charge in [-0.1, -0.05) is 26.7 Å². The maximum absolute atomic E-state index is 5.17. The van der Waals surface area contributed by atoms with E-state index in [4.69, 9.17) is 4.74 Å². The summed E-state index contributed by atoms with van der Waals surface area (Å²) >= 11 is 0. The average molecular weight is 292 g/mol. The largest absolute Gasteiger partial charge is 0.377 e. The Hall–Kier alpha value is -1.36. The molecule has 0 aliphatic heterocycles. The molecule has 1 atom stereocenters. The van der Waals surface area contributed by atoms with Crippen molar-refractivity contribution in [3.63, 3.8) is 0 Å². The molecule has 1 aromatic heterocycles. The Kier molecular flexibility index (Phi) is 5.39. The number of ether oxygens (including phenoxy) is 1. The first-order valence-corrected chi connectivity index (χ1v) is 7.92. The van der Waals surface area contributed by atoms with E-state index in [1.165, 1.54) is 25.7 Å². The van der Waals surface area contributed by atoms with Crippen molar-refractivity contribution in [3.05, 3.63) is 11.9 Å². The molecule has 1 saturated carbocycles. The first-order valence-electron chi connectivity index (χ1n) is 7.92. The molecule has 2 N–H and O–H groups in total. The molecular weight excluding hydrogens is 264 g/mol. The van der Waals surface area contributed by atoms with Crippen LogP contribution in [0.1, 0.15) is 52.3 Å². The molecule has 1 fully saturated rings. The number of nitrogens with zero attached hydrogens (tertiary/aromatic N) is 2. The van der Waals surface area contributed by atoms with Crippen LogP contribution in [-0.4, -0.2) is 29.7 Å². The van der Waals surface area contributed by atoms with Crippen molar-refractivity contribution in [1.82, 2.24) is 9.97 Å². The van der Waals surface area contributed by atoms with Crippen molar-refractivity contribution in [2.24, 2.45) is 5.41 Å². The van der Waals surface area contributed by atoms with Gasteiger partial charge >= 0.3 is 0 Å². The van der Waals surface area contributed by atoms with Crippen LogP contribution in [0.3, 0.4) is 0 Å². The summed E-state index contributed by atoms with van der Waals surface area (Å²) in [4.78, 5) is 9.03. The molecule has 1 unspecified atom stereocenters. The van der Waals surface area contributed by atoms with Crippen molar-refractivity contribution in [2.75, 3.05) is 24.3 Å². The van der Waals surface area contributed by atoms with E-state index in [0.717, 1.165) is 18.2 Å². The van der Waals surface area contributed by atoms with E-state index in [0.29, 0.717) is 23.9 Å². The minimum absolute atomic E-state index is 0.308. The van der Waals surface area contributed by atoms with Crippen LogP contribution in [0.4, 0.5) is 11.6 Å². The lowest BCUT2D eigenvalue weighted by Crippen LogP contribution is -2.39. The zero-order valence-corrected chi connectivity index (χ0v) is 13.7. The first-order chi connectivity index (χ1) is 10.0. The van der Waals surface area contributed by atoms with Crippen LogP contribution in [-0.2, 0) is 11.3 Å². The third-order valence-electron chi connectivity index (χ3n) is 4.23. The van der Waals surface area contributed by atoms with E-state index >= 15 is 0 Å². The molecule has 1 heterocycles. The molecule has 1 aliphatic carbocycles. The van der Waals surface area contributed by atoms with Crippen LogP contribution in [0.15, 0.2) is 6.07 Å². The van der Waals surface area contributed by atoms with Crippen LogP contribution in [0.2, 0.25) is 0 Å². The number of methoxy groups -OCH3 is 1. The lowest BCUT2D eigenvalue weighted by molar-refractivity contribution is 0.178. The van der Waals surface area contributed by atoms with Crippen molar-refractivity contribution >= 4 is 11.6 Å². The van der Waals surface area contributed by atoms with Crippen LogP contribution >= 0.6 is 0 Å². The predicted molar refractivity (Wildman–Crippen MR) is 86.6 cm³/mol. The molecule has 2 rings (SSSR count). The van der Waals surface area contributed by atoms with Crippen molar-refractivity contribution < 1.29 is 4.74 Å². The Morgan fingerprint density at radius 3 is 2.71 bits per heavy atom. The molecule has 0 saturated heterocycles. The highest BCUT2D eigenvalue weighted by molar-refractivity contribution is 5.48. The van der Waals surface area contributed by atoms with Crippen LogP contribution < -0.4 is 10.6 Å². The standard InChI is InChI=1S/C16H28N4O/c1-5-17-13-10-14(20-15(19-13)11-21-4)18-12-8-6-7-9-16(12,2)3/h10,12H,5-9,11H2,1-4H3,(H2,17,18,19,20). The Labute approximate surface area is 127 Å². The predicted octanol–water partition coefficient (Wildman–Crippen LogP) is 3.44. The van der Waals surface area contributed by atoms with E-state index in [1.54, 1.807) is 7.11 Å². The number of hydrogen-bond acceptors (Lipinski definition) is 5. The number of hydrogen-bond donors (Lipinski definition) is 2. The third kappa shape index (κ3) is 4.30. The van der Waals surface area contributed by atoms with Crippen molar-refractivity contribution in [2.45, 2.75) is 59.1 Å². The zero-order chi connectivity index (χ0) is 15.3. The monoisotopic (exact) mass is 292 g/mol. The molecular formula is C16H28N4O. The van der Waals surface area contributed by atoms with E-state index in [-0.39, 0.29) is 0 Å². The van der Waals surface area contributed by atoms with E-state index < -0.39 is 0 Å². The molecule has 0 spiro atoms. The molecule has 0 radical (unpaired) electrons. The Morgan fingerprint density at radius 2 is 2.05 bits per heavy atom. The third-order valence-corrected chi connectivity index (χ3v) is 4.23. The van der Waals surface area contributed by atoms with Crippen LogP contribution in [0.5, 0.6) is 0 Å². The normalized spacial score (nSPS) is 21.0. The number of rotatable bonds is 6. The van der Waals surface area contributed by atoms with Crippen LogP contribution in [0, 0.1) is 5.41 Å².